The minimum atomic E-state index is -2.86. The predicted octanol–water partition coefficient (Wildman–Crippen LogP) is 7.14. The van der Waals surface area contributed by atoms with E-state index >= 15 is 0 Å². The summed E-state index contributed by atoms with van der Waals surface area (Å²) in [6, 6.07) is 8.09. The van der Waals surface area contributed by atoms with E-state index in [0.29, 0.717) is 65.8 Å². The Morgan fingerprint density at radius 3 is 2.28 bits per heavy atom. The van der Waals surface area contributed by atoms with Gasteiger partial charge in [0.05, 0.1) is 17.1 Å². The number of carboxylic acid groups (broad SMARTS) is 1. The second-order valence-electron chi connectivity index (χ2n) is 19.0. The maximum absolute atomic E-state index is 12.0. The molecule has 5 aliphatic carbocycles. The number of nitrogens with one attached hydrogen (secondary N) is 2. The fourth-order valence-corrected chi connectivity index (χ4v) is 15.3. The van der Waals surface area contributed by atoms with E-state index in [-0.39, 0.29) is 27.2 Å². The van der Waals surface area contributed by atoms with Crippen molar-refractivity contribution >= 4 is 21.4 Å². The summed E-state index contributed by atoms with van der Waals surface area (Å²) in [4.78, 5) is 13.9. The maximum Gasteiger partial charge on any atom is 0.335 e. The van der Waals surface area contributed by atoms with E-state index in [0.717, 1.165) is 19.5 Å². The number of aromatic carboxylic acids is 1. The lowest BCUT2D eigenvalue weighted by Gasteiger charge is -2.72. The van der Waals surface area contributed by atoms with Crippen LogP contribution in [-0.4, -0.2) is 80.7 Å². The molecule has 10 unspecified atom stereocenters. The summed E-state index contributed by atoms with van der Waals surface area (Å²) in [6.45, 7) is 18.7. The molecule has 4 saturated carbocycles. The van der Waals surface area contributed by atoms with Gasteiger partial charge in [0.1, 0.15) is 0 Å². The number of hydrogen-bond donors (Lipinski definition) is 3. The van der Waals surface area contributed by atoms with Crippen LogP contribution in [-0.2, 0) is 9.84 Å². The van der Waals surface area contributed by atoms with E-state index in [2.05, 4.69) is 70.2 Å². The third-order valence-electron chi connectivity index (χ3n) is 16.9. The number of hydrogen-bond acceptors (Lipinski definition) is 6. The van der Waals surface area contributed by atoms with Crippen molar-refractivity contribution in [1.29, 1.82) is 0 Å². The number of rotatable bonds is 8. The average Bonchev–Trinajstić information content (AvgIpc) is 3.45. The van der Waals surface area contributed by atoms with E-state index in [4.69, 9.17) is 0 Å². The lowest BCUT2D eigenvalue weighted by atomic mass is 9.33. The summed E-state index contributed by atoms with van der Waals surface area (Å²) in [5, 5.41) is 17.4. The molecule has 6 aliphatic rings. The van der Waals surface area contributed by atoms with Crippen LogP contribution in [0.15, 0.2) is 30.3 Å². The van der Waals surface area contributed by atoms with Gasteiger partial charge in [-0.05, 0) is 146 Å². The minimum Gasteiger partial charge on any atom is -0.478 e. The first-order valence-corrected chi connectivity index (χ1v) is 21.7. The van der Waals surface area contributed by atoms with Gasteiger partial charge in [-0.15, -0.1) is 0 Å². The quantitative estimate of drug-likeness (QED) is 0.264. The van der Waals surface area contributed by atoms with Crippen LogP contribution in [0.3, 0.4) is 0 Å². The van der Waals surface area contributed by atoms with E-state index in [1.165, 1.54) is 62.5 Å². The van der Waals surface area contributed by atoms with Crippen LogP contribution in [0.2, 0.25) is 0 Å². The first-order valence-electron chi connectivity index (χ1n) is 19.9. The SMILES string of the molecule is CNC(C)C1CCC2(NCCN3CCS(=O)(=O)CC3)CCC3(C)C(CCC4C5(C)CC=C(c6ccc(C(=O)O)cc6)C(C)(C)C5CCC43C)C12. The van der Waals surface area contributed by atoms with Crippen molar-refractivity contribution in [2.75, 3.05) is 44.7 Å². The molecule has 8 heteroatoms. The molecule has 0 bridgehead atoms. The largest absolute Gasteiger partial charge is 0.478 e. The Morgan fingerprint density at radius 2 is 1.62 bits per heavy atom. The Balaban J connectivity index is 1.15. The van der Waals surface area contributed by atoms with Gasteiger partial charge >= 0.3 is 5.97 Å². The highest BCUT2D eigenvalue weighted by molar-refractivity contribution is 7.91. The van der Waals surface area contributed by atoms with Gasteiger partial charge in [0.15, 0.2) is 9.84 Å². The molecule has 0 radical (unpaired) electrons. The van der Waals surface area contributed by atoms with E-state index in [1.807, 2.05) is 12.1 Å². The zero-order valence-electron chi connectivity index (χ0n) is 32.0. The topological polar surface area (TPSA) is 98.7 Å². The van der Waals surface area contributed by atoms with Crippen molar-refractivity contribution < 1.29 is 18.3 Å². The Hall–Kier alpha value is -1.74. The van der Waals surface area contributed by atoms with Crippen LogP contribution < -0.4 is 10.6 Å². The van der Waals surface area contributed by atoms with Crippen molar-refractivity contribution in [3.05, 3.63) is 41.5 Å². The van der Waals surface area contributed by atoms with Gasteiger partial charge in [-0.1, -0.05) is 52.8 Å². The number of sulfone groups is 1. The lowest BCUT2D eigenvalue weighted by Crippen LogP contribution is -2.68. The molecule has 1 aromatic carbocycles. The maximum atomic E-state index is 12.0. The van der Waals surface area contributed by atoms with Crippen LogP contribution in [0.5, 0.6) is 0 Å². The van der Waals surface area contributed by atoms with Crippen molar-refractivity contribution in [2.45, 2.75) is 111 Å². The lowest BCUT2D eigenvalue weighted by molar-refractivity contribution is -0.221. The van der Waals surface area contributed by atoms with Crippen LogP contribution in [0.25, 0.3) is 5.57 Å². The highest BCUT2D eigenvalue weighted by atomic mass is 32.2. The molecule has 0 amide bonds. The summed E-state index contributed by atoms with van der Waals surface area (Å²) in [6.07, 6.45) is 13.9. The zero-order valence-corrected chi connectivity index (χ0v) is 32.8. The molecule has 3 N–H and O–H groups in total. The van der Waals surface area contributed by atoms with E-state index in [1.54, 1.807) is 12.1 Å². The zero-order chi connectivity index (χ0) is 35.9. The van der Waals surface area contributed by atoms with Crippen LogP contribution in [0.4, 0.5) is 0 Å². The Bertz CT molecular complexity index is 1590. The number of nitrogens with zero attached hydrogens (tertiary/aromatic N) is 1. The average molecular weight is 708 g/mol. The Morgan fingerprint density at radius 1 is 0.920 bits per heavy atom. The van der Waals surface area contributed by atoms with Gasteiger partial charge in [-0.2, -0.15) is 0 Å². The molecule has 7 nitrogen and oxygen atoms in total. The first-order chi connectivity index (χ1) is 23.5. The first kappa shape index (κ1) is 36.6. The molecular weight excluding hydrogens is 643 g/mol. The molecule has 1 aromatic rings. The normalized spacial score (nSPS) is 42.7. The molecule has 1 aliphatic heterocycles. The highest BCUT2D eigenvalue weighted by Crippen LogP contribution is 2.76. The molecule has 1 saturated heterocycles. The number of fused-ring (bicyclic) bond motifs is 7. The molecule has 5 fully saturated rings. The molecule has 10 atom stereocenters. The van der Waals surface area contributed by atoms with Gasteiger partial charge in [0.2, 0.25) is 0 Å². The van der Waals surface area contributed by atoms with Gasteiger partial charge < -0.3 is 20.6 Å². The second-order valence-corrected chi connectivity index (χ2v) is 21.3. The molecule has 7 rings (SSSR count). The van der Waals surface area contributed by atoms with Crippen LogP contribution >= 0.6 is 0 Å². The van der Waals surface area contributed by atoms with Gasteiger partial charge in [-0.25, -0.2) is 13.2 Å². The summed E-state index contributed by atoms with van der Waals surface area (Å²) >= 11 is 0. The number of benzene rings is 1. The van der Waals surface area contributed by atoms with Crippen molar-refractivity contribution in [3.63, 3.8) is 0 Å². The standard InChI is InChI=1S/C42H65N3O4S/c1-28(43-7)31-14-19-42(44-22-23-45-24-26-50(48,49)27-25-45)21-20-40(5)33(36(31)42)12-13-35-39(4)17-15-32(29-8-10-30(11-9-29)37(46)47)38(2,3)34(39)16-18-41(35,40)6/h8-11,15,28,31,33-36,43-44H,12-14,16-27H2,1-7H3,(H,46,47). The molecule has 278 valence electrons. The van der Waals surface area contributed by atoms with Gasteiger partial charge in [0.25, 0.3) is 0 Å². The molecular formula is C42H65N3O4S. The fraction of sp³-hybridized carbons (Fsp3) is 0.786. The summed E-state index contributed by atoms with van der Waals surface area (Å²) in [7, 11) is -0.710. The third kappa shape index (κ3) is 5.58. The highest BCUT2D eigenvalue weighted by Gasteiger charge is 2.70. The van der Waals surface area contributed by atoms with Gasteiger partial charge in [0, 0.05) is 37.8 Å². The summed E-state index contributed by atoms with van der Waals surface area (Å²) in [5.41, 5.74) is 3.92. The predicted molar refractivity (Wildman–Crippen MR) is 203 cm³/mol. The monoisotopic (exact) mass is 707 g/mol. The van der Waals surface area contributed by atoms with Crippen molar-refractivity contribution in [2.24, 2.45) is 51.2 Å². The molecule has 0 spiro atoms. The summed E-state index contributed by atoms with van der Waals surface area (Å²) < 4.78 is 24.1. The summed E-state index contributed by atoms with van der Waals surface area (Å²) in [5.74, 6) is 3.02. The number of carbonyl (C=O) groups is 1. The van der Waals surface area contributed by atoms with Crippen LogP contribution in [0.1, 0.15) is 115 Å². The molecule has 0 aromatic heterocycles. The van der Waals surface area contributed by atoms with E-state index in [9.17, 15) is 18.3 Å². The fourth-order valence-electron chi connectivity index (χ4n) is 14.1. The second kappa shape index (κ2) is 12.7. The molecule has 1 heterocycles. The minimum absolute atomic E-state index is 0.0137. The third-order valence-corrected chi connectivity index (χ3v) is 18.6. The van der Waals surface area contributed by atoms with Gasteiger partial charge in [-0.3, -0.25) is 0 Å². The van der Waals surface area contributed by atoms with Crippen molar-refractivity contribution in [1.82, 2.24) is 15.5 Å². The van der Waals surface area contributed by atoms with E-state index < -0.39 is 15.8 Å². The number of carboxylic acids is 1. The van der Waals surface area contributed by atoms with Crippen LogP contribution in [0, 0.1) is 51.2 Å². The van der Waals surface area contributed by atoms with Crippen molar-refractivity contribution in [3.8, 4) is 0 Å². The Labute approximate surface area is 302 Å². The molecule has 50 heavy (non-hydrogen) atoms. The Kier molecular flexibility index (Phi) is 9.29. The smallest absolute Gasteiger partial charge is 0.335 e. The number of allylic oxidation sites excluding steroid dienone is 2.